The van der Waals surface area contributed by atoms with E-state index in [1.807, 2.05) is 30.3 Å². The third-order valence-corrected chi connectivity index (χ3v) is 6.22. The van der Waals surface area contributed by atoms with Crippen molar-refractivity contribution in [3.05, 3.63) is 54.1 Å². The van der Waals surface area contributed by atoms with E-state index < -0.39 is 10.0 Å². The van der Waals surface area contributed by atoms with Crippen molar-refractivity contribution in [3.8, 4) is 0 Å². The van der Waals surface area contributed by atoms with Gasteiger partial charge in [0.25, 0.3) is 0 Å². The summed E-state index contributed by atoms with van der Waals surface area (Å²) >= 11 is 1.57. The van der Waals surface area contributed by atoms with E-state index in [4.69, 9.17) is 0 Å². The molecule has 0 atom stereocenters. The number of thioether (sulfide) groups is 1. The highest BCUT2D eigenvalue weighted by Crippen LogP contribution is 2.36. The Hall–Kier alpha value is -1.83. The third-order valence-electron chi connectivity index (χ3n) is 3.79. The van der Waals surface area contributed by atoms with Crippen LogP contribution in [0.1, 0.15) is 12.5 Å². The van der Waals surface area contributed by atoms with Crippen LogP contribution in [0.15, 0.2) is 58.3 Å². The number of nitrogens with one attached hydrogen (secondary N) is 1. The molecule has 5 nitrogen and oxygen atoms in total. The van der Waals surface area contributed by atoms with Crippen molar-refractivity contribution < 1.29 is 13.2 Å². The SMILES string of the molecule is CC(=O)N1CCSc2cc(S(=O)(=O)NCc3ccccc3)ccc21. The van der Waals surface area contributed by atoms with Crippen LogP contribution in [0.3, 0.4) is 0 Å². The quantitative estimate of drug-likeness (QED) is 0.908. The van der Waals surface area contributed by atoms with Gasteiger partial charge in [-0.25, -0.2) is 13.1 Å². The molecule has 0 radical (unpaired) electrons. The fraction of sp³-hybridized carbons (Fsp3) is 0.235. The molecule has 0 unspecified atom stereocenters. The number of carbonyl (C=O) groups is 1. The molecule has 1 aliphatic rings. The van der Waals surface area contributed by atoms with Crippen molar-refractivity contribution in [1.82, 2.24) is 4.72 Å². The topological polar surface area (TPSA) is 66.5 Å². The molecule has 24 heavy (non-hydrogen) atoms. The molecule has 2 aromatic carbocycles. The van der Waals surface area contributed by atoms with Crippen molar-refractivity contribution in [2.75, 3.05) is 17.2 Å². The summed E-state index contributed by atoms with van der Waals surface area (Å²) < 4.78 is 27.6. The van der Waals surface area contributed by atoms with E-state index >= 15 is 0 Å². The van der Waals surface area contributed by atoms with Gasteiger partial charge < -0.3 is 4.90 Å². The first-order valence-corrected chi connectivity index (χ1v) is 10.0. The van der Waals surface area contributed by atoms with E-state index in [9.17, 15) is 13.2 Å². The van der Waals surface area contributed by atoms with Gasteiger partial charge >= 0.3 is 0 Å². The summed E-state index contributed by atoms with van der Waals surface area (Å²) in [5.74, 6) is 0.724. The average molecular weight is 362 g/mol. The van der Waals surface area contributed by atoms with Crippen molar-refractivity contribution in [2.45, 2.75) is 23.3 Å². The van der Waals surface area contributed by atoms with Gasteiger partial charge in [0.2, 0.25) is 15.9 Å². The number of carbonyl (C=O) groups excluding carboxylic acids is 1. The molecule has 0 saturated heterocycles. The summed E-state index contributed by atoms with van der Waals surface area (Å²) in [6, 6.07) is 14.3. The van der Waals surface area contributed by atoms with Gasteiger partial charge in [-0.2, -0.15) is 0 Å². The maximum absolute atomic E-state index is 12.5. The fourth-order valence-corrected chi connectivity index (χ4v) is 4.70. The molecule has 0 aromatic heterocycles. The molecule has 0 aliphatic carbocycles. The number of hydrogen-bond donors (Lipinski definition) is 1. The van der Waals surface area contributed by atoms with E-state index in [-0.39, 0.29) is 17.3 Å². The number of hydrogen-bond acceptors (Lipinski definition) is 4. The molecule has 2 aromatic rings. The van der Waals surface area contributed by atoms with Crippen LogP contribution in [0.4, 0.5) is 5.69 Å². The maximum atomic E-state index is 12.5. The molecular weight excluding hydrogens is 344 g/mol. The predicted octanol–water partition coefficient (Wildman–Crippen LogP) is 2.62. The van der Waals surface area contributed by atoms with Crippen LogP contribution in [-0.2, 0) is 21.4 Å². The predicted molar refractivity (Wildman–Crippen MR) is 95.7 cm³/mol. The largest absolute Gasteiger partial charge is 0.311 e. The molecular formula is C17H18N2O3S2. The zero-order chi connectivity index (χ0) is 17.2. The molecule has 0 fully saturated rings. The monoisotopic (exact) mass is 362 g/mol. The van der Waals surface area contributed by atoms with Gasteiger partial charge in [0.05, 0.1) is 10.6 Å². The lowest BCUT2D eigenvalue weighted by Gasteiger charge is -2.28. The first kappa shape index (κ1) is 17.0. The Balaban J connectivity index is 1.83. The standard InChI is InChI=1S/C17H18N2O3S2/c1-13(20)19-9-10-23-17-11-15(7-8-16(17)19)24(21,22)18-12-14-5-3-2-4-6-14/h2-8,11,18H,9-10,12H2,1H3. The molecule has 126 valence electrons. The van der Waals surface area contributed by atoms with Crippen LogP contribution in [0.25, 0.3) is 0 Å². The molecule has 0 saturated carbocycles. The molecule has 1 N–H and O–H groups in total. The van der Waals surface area contributed by atoms with Gasteiger partial charge in [-0.1, -0.05) is 30.3 Å². The van der Waals surface area contributed by atoms with E-state index in [1.54, 1.807) is 34.9 Å². The minimum Gasteiger partial charge on any atom is -0.311 e. The summed E-state index contributed by atoms with van der Waals surface area (Å²) in [5, 5.41) is 0. The number of amides is 1. The second-order valence-corrected chi connectivity index (χ2v) is 8.36. The average Bonchev–Trinajstić information content (AvgIpc) is 2.60. The Kier molecular flexibility index (Phi) is 4.93. The van der Waals surface area contributed by atoms with Crippen LogP contribution in [-0.4, -0.2) is 26.6 Å². The van der Waals surface area contributed by atoms with Gasteiger partial charge in [-0.15, -0.1) is 11.8 Å². The number of anilines is 1. The lowest BCUT2D eigenvalue weighted by atomic mass is 10.2. The van der Waals surface area contributed by atoms with Gasteiger partial charge in [-0.05, 0) is 23.8 Å². The van der Waals surface area contributed by atoms with Crippen LogP contribution in [0.5, 0.6) is 0 Å². The Morgan fingerprint density at radius 2 is 1.96 bits per heavy atom. The van der Waals surface area contributed by atoms with Crippen molar-refractivity contribution in [1.29, 1.82) is 0 Å². The highest BCUT2D eigenvalue weighted by atomic mass is 32.2. The lowest BCUT2D eigenvalue weighted by Crippen LogP contribution is -2.33. The Morgan fingerprint density at radius 3 is 2.67 bits per heavy atom. The summed E-state index contributed by atoms with van der Waals surface area (Å²) in [5.41, 5.74) is 1.68. The van der Waals surface area contributed by atoms with E-state index in [0.29, 0.717) is 6.54 Å². The van der Waals surface area contributed by atoms with Crippen LogP contribution >= 0.6 is 11.8 Å². The van der Waals surface area contributed by atoms with Crippen molar-refractivity contribution in [3.63, 3.8) is 0 Å². The zero-order valence-electron chi connectivity index (χ0n) is 13.2. The lowest BCUT2D eigenvalue weighted by molar-refractivity contribution is -0.116. The Labute approximate surface area is 146 Å². The molecule has 1 aliphatic heterocycles. The molecule has 0 bridgehead atoms. The first-order valence-electron chi connectivity index (χ1n) is 7.56. The Bertz CT molecular complexity index is 851. The third kappa shape index (κ3) is 3.63. The Morgan fingerprint density at radius 1 is 1.21 bits per heavy atom. The number of benzene rings is 2. The van der Waals surface area contributed by atoms with E-state index in [1.165, 1.54) is 6.92 Å². The van der Waals surface area contributed by atoms with E-state index in [2.05, 4.69) is 4.72 Å². The van der Waals surface area contributed by atoms with Crippen LogP contribution < -0.4 is 9.62 Å². The van der Waals surface area contributed by atoms with Crippen LogP contribution in [0, 0.1) is 0 Å². The number of rotatable bonds is 4. The van der Waals surface area contributed by atoms with Gasteiger partial charge in [0.1, 0.15) is 0 Å². The van der Waals surface area contributed by atoms with Crippen molar-refractivity contribution >= 4 is 33.4 Å². The first-order chi connectivity index (χ1) is 11.5. The minimum atomic E-state index is -3.60. The van der Waals surface area contributed by atoms with Gasteiger partial charge in [-0.3, -0.25) is 4.79 Å². The smallest absolute Gasteiger partial charge is 0.240 e. The second kappa shape index (κ2) is 6.96. The van der Waals surface area contributed by atoms with E-state index in [0.717, 1.165) is 21.9 Å². The zero-order valence-corrected chi connectivity index (χ0v) is 14.9. The molecule has 0 spiro atoms. The minimum absolute atomic E-state index is 0.0330. The number of fused-ring (bicyclic) bond motifs is 1. The summed E-state index contributed by atoms with van der Waals surface area (Å²) in [6.07, 6.45) is 0. The van der Waals surface area contributed by atoms with Crippen LogP contribution in [0.2, 0.25) is 0 Å². The number of sulfonamides is 1. The van der Waals surface area contributed by atoms with Gasteiger partial charge in [0.15, 0.2) is 0 Å². The normalized spacial score (nSPS) is 14.3. The highest BCUT2D eigenvalue weighted by molar-refractivity contribution is 7.99. The summed E-state index contributed by atoms with van der Waals surface area (Å²) in [4.78, 5) is 14.4. The maximum Gasteiger partial charge on any atom is 0.240 e. The molecule has 1 amide bonds. The highest BCUT2D eigenvalue weighted by Gasteiger charge is 2.23. The molecule has 1 heterocycles. The fourth-order valence-electron chi connectivity index (χ4n) is 2.55. The summed E-state index contributed by atoms with van der Waals surface area (Å²) in [7, 11) is -3.60. The summed E-state index contributed by atoms with van der Waals surface area (Å²) in [6.45, 7) is 2.41. The van der Waals surface area contributed by atoms with Gasteiger partial charge in [0, 0.05) is 30.7 Å². The molecule has 3 rings (SSSR count). The van der Waals surface area contributed by atoms with Crippen molar-refractivity contribution in [2.24, 2.45) is 0 Å². The second-order valence-electron chi connectivity index (χ2n) is 5.46. The number of nitrogens with zero attached hydrogens (tertiary/aromatic N) is 1. The molecule has 7 heteroatoms.